The molecule has 0 saturated carbocycles. The van der Waals surface area contributed by atoms with Gasteiger partial charge in [0.15, 0.2) is 6.10 Å². The van der Waals surface area contributed by atoms with Crippen molar-refractivity contribution in [2.24, 2.45) is 0 Å². The summed E-state index contributed by atoms with van der Waals surface area (Å²) in [5.41, 5.74) is -1.34. The molecule has 0 amide bonds. The minimum Gasteiger partial charge on any atom is -0.479 e. The number of aliphatic hydroxyl groups is 1. The van der Waals surface area contributed by atoms with Crippen molar-refractivity contribution >= 4 is 21.9 Å². The van der Waals surface area contributed by atoms with Crippen LogP contribution in [0.2, 0.25) is 0 Å². The van der Waals surface area contributed by atoms with Crippen LogP contribution in [0.5, 0.6) is 0 Å². The van der Waals surface area contributed by atoms with Gasteiger partial charge < -0.3 is 10.2 Å². The van der Waals surface area contributed by atoms with Crippen molar-refractivity contribution in [1.82, 2.24) is 0 Å². The highest BCUT2D eigenvalue weighted by Crippen LogP contribution is 2.36. The maximum absolute atomic E-state index is 12.4. The Labute approximate surface area is 96.6 Å². The molecule has 1 unspecified atom stereocenters. The van der Waals surface area contributed by atoms with Gasteiger partial charge in [-0.2, -0.15) is 13.2 Å². The summed E-state index contributed by atoms with van der Waals surface area (Å²) < 4.78 is 37.1. The zero-order valence-corrected chi connectivity index (χ0v) is 9.21. The zero-order valence-electron chi connectivity index (χ0n) is 7.62. The Bertz CT molecular complexity index is 417. The van der Waals surface area contributed by atoms with Gasteiger partial charge in [-0.25, -0.2) is 4.79 Å². The van der Waals surface area contributed by atoms with Crippen molar-refractivity contribution in [2.75, 3.05) is 0 Å². The number of halogens is 4. The van der Waals surface area contributed by atoms with Crippen LogP contribution in [0.1, 0.15) is 17.2 Å². The van der Waals surface area contributed by atoms with E-state index < -0.39 is 23.8 Å². The lowest BCUT2D eigenvalue weighted by molar-refractivity contribution is -0.147. The Balaban J connectivity index is 3.23. The summed E-state index contributed by atoms with van der Waals surface area (Å²) in [6.07, 6.45) is -6.57. The molecule has 3 nitrogen and oxygen atoms in total. The number of carboxylic acid groups (broad SMARTS) is 1. The van der Waals surface area contributed by atoms with E-state index in [1.54, 1.807) is 0 Å². The van der Waals surface area contributed by atoms with Crippen LogP contribution in [-0.2, 0) is 11.0 Å². The Hall–Kier alpha value is -1.08. The maximum Gasteiger partial charge on any atom is 0.417 e. The summed E-state index contributed by atoms with van der Waals surface area (Å²) in [5.74, 6) is -1.60. The van der Waals surface area contributed by atoms with Crippen LogP contribution < -0.4 is 0 Å². The van der Waals surface area contributed by atoms with E-state index in [0.717, 1.165) is 12.1 Å². The summed E-state index contributed by atoms with van der Waals surface area (Å²) in [4.78, 5) is 10.4. The monoisotopic (exact) mass is 298 g/mol. The number of carboxylic acids is 1. The molecular weight excluding hydrogens is 293 g/mol. The van der Waals surface area contributed by atoms with Gasteiger partial charge in [0.25, 0.3) is 0 Å². The molecule has 0 saturated heterocycles. The second-order valence-electron chi connectivity index (χ2n) is 2.98. The Morgan fingerprint density at radius 1 is 1.38 bits per heavy atom. The number of aliphatic hydroxyl groups excluding tert-OH is 1. The number of alkyl halides is 3. The van der Waals surface area contributed by atoms with Crippen LogP contribution in [0.4, 0.5) is 13.2 Å². The van der Waals surface area contributed by atoms with Gasteiger partial charge in [0.05, 0.1) is 5.56 Å². The second kappa shape index (κ2) is 4.42. The molecule has 0 fully saturated rings. The Morgan fingerprint density at radius 2 is 1.94 bits per heavy atom. The first-order valence-electron chi connectivity index (χ1n) is 4.01. The fourth-order valence-corrected chi connectivity index (χ4v) is 1.54. The Kier molecular flexibility index (Phi) is 3.59. The number of benzene rings is 1. The van der Waals surface area contributed by atoms with Crippen molar-refractivity contribution in [2.45, 2.75) is 12.3 Å². The third-order valence-corrected chi connectivity index (χ3v) is 2.54. The SMILES string of the molecule is O=C(O)C(O)c1ccc(Br)c(C(F)(F)F)c1. The van der Waals surface area contributed by atoms with Gasteiger partial charge in [0, 0.05) is 4.47 Å². The van der Waals surface area contributed by atoms with E-state index in [2.05, 4.69) is 15.9 Å². The van der Waals surface area contributed by atoms with E-state index in [-0.39, 0.29) is 10.0 Å². The van der Waals surface area contributed by atoms with Gasteiger partial charge in [-0.15, -0.1) is 0 Å². The summed E-state index contributed by atoms with van der Waals surface area (Å²) >= 11 is 2.70. The predicted molar refractivity (Wildman–Crippen MR) is 51.7 cm³/mol. The molecule has 88 valence electrons. The van der Waals surface area contributed by atoms with Crippen molar-refractivity contribution in [3.8, 4) is 0 Å². The van der Waals surface area contributed by atoms with E-state index in [4.69, 9.17) is 10.2 Å². The van der Waals surface area contributed by atoms with Gasteiger partial charge in [-0.05, 0) is 17.7 Å². The lowest BCUT2D eigenvalue weighted by atomic mass is 10.1. The topological polar surface area (TPSA) is 57.5 Å². The summed E-state index contributed by atoms with van der Waals surface area (Å²) in [6.45, 7) is 0. The van der Waals surface area contributed by atoms with Crippen LogP contribution in [0, 0.1) is 0 Å². The van der Waals surface area contributed by atoms with Gasteiger partial charge in [-0.3, -0.25) is 0 Å². The highest BCUT2D eigenvalue weighted by atomic mass is 79.9. The van der Waals surface area contributed by atoms with Crippen LogP contribution in [0.15, 0.2) is 22.7 Å². The number of hydrogen-bond acceptors (Lipinski definition) is 2. The molecule has 0 aliphatic carbocycles. The van der Waals surface area contributed by atoms with E-state index in [1.807, 2.05) is 0 Å². The summed E-state index contributed by atoms with van der Waals surface area (Å²) in [5, 5.41) is 17.6. The molecule has 0 spiro atoms. The predicted octanol–water partition coefficient (Wildman–Crippen LogP) is 2.59. The average Bonchev–Trinajstić information content (AvgIpc) is 2.15. The number of hydrogen-bond donors (Lipinski definition) is 2. The second-order valence-corrected chi connectivity index (χ2v) is 3.83. The highest BCUT2D eigenvalue weighted by molar-refractivity contribution is 9.10. The van der Waals surface area contributed by atoms with E-state index in [9.17, 15) is 18.0 Å². The van der Waals surface area contributed by atoms with Crippen molar-refractivity contribution in [1.29, 1.82) is 0 Å². The fraction of sp³-hybridized carbons (Fsp3) is 0.222. The normalized spacial score (nSPS) is 13.6. The van der Waals surface area contributed by atoms with Crippen molar-refractivity contribution in [3.63, 3.8) is 0 Å². The molecule has 0 heterocycles. The smallest absolute Gasteiger partial charge is 0.417 e. The highest BCUT2D eigenvalue weighted by Gasteiger charge is 2.34. The van der Waals surface area contributed by atoms with E-state index >= 15 is 0 Å². The molecule has 0 aliphatic heterocycles. The molecule has 16 heavy (non-hydrogen) atoms. The molecule has 1 rings (SSSR count). The quantitative estimate of drug-likeness (QED) is 0.882. The van der Waals surface area contributed by atoms with Crippen molar-refractivity contribution < 1.29 is 28.2 Å². The largest absolute Gasteiger partial charge is 0.479 e. The Morgan fingerprint density at radius 3 is 2.38 bits per heavy atom. The van der Waals surface area contributed by atoms with Crippen molar-refractivity contribution in [3.05, 3.63) is 33.8 Å². The van der Waals surface area contributed by atoms with E-state index in [1.165, 1.54) is 0 Å². The lowest BCUT2D eigenvalue weighted by Crippen LogP contribution is -2.13. The summed E-state index contributed by atoms with van der Waals surface area (Å²) in [7, 11) is 0. The first-order valence-corrected chi connectivity index (χ1v) is 4.80. The van der Waals surface area contributed by atoms with E-state index in [0.29, 0.717) is 6.07 Å². The summed E-state index contributed by atoms with van der Waals surface area (Å²) in [6, 6.07) is 2.76. The van der Waals surface area contributed by atoms with Crippen LogP contribution in [0.25, 0.3) is 0 Å². The fourth-order valence-electron chi connectivity index (χ4n) is 1.07. The first kappa shape index (κ1) is 13.0. The third kappa shape index (κ3) is 2.73. The molecule has 2 N–H and O–H groups in total. The molecule has 0 aromatic heterocycles. The lowest BCUT2D eigenvalue weighted by Gasteiger charge is -2.12. The molecule has 0 radical (unpaired) electrons. The van der Waals surface area contributed by atoms with Crippen LogP contribution in [0.3, 0.4) is 0 Å². The first-order chi connectivity index (χ1) is 7.23. The minimum absolute atomic E-state index is 0.207. The molecule has 0 bridgehead atoms. The minimum atomic E-state index is -4.60. The maximum atomic E-state index is 12.4. The standard InChI is InChI=1S/C9H6BrF3O3/c10-6-2-1-4(7(14)8(15)16)3-5(6)9(11,12)13/h1-3,7,14H,(H,15,16). The average molecular weight is 299 g/mol. The van der Waals surface area contributed by atoms with Gasteiger partial charge >= 0.3 is 12.1 Å². The van der Waals surface area contributed by atoms with Crippen LogP contribution in [-0.4, -0.2) is 16.2 Å². The molecule has 0 aliphatic rings. The molecule has 1 aromatic rings. The number of rotatable bonds is 2. The zero-order chi connectivity index (χ0) is 12.5. The van der Waals surface area contributed by atoms with Gasteiger partial charge in [-0.1, -0.05) is 22.0 Å². The molecule has 1 aromatic carbocycles. The molecule has 7 heteroatoms. The third-order valence-electron chi connectivity index (χ3n) is 1.85. The number of aliphatic carboxylic acids is 1. The van der Waals surface area contributed by atoms with Gasteiger partial charge in [0.1, 0.15) is 0 Å². The number of carbonyl (C=O) groups is 1. The van der Waals surface area contributed by atoms with Crippen LogP contribution >= 0.6 is 15.9 Å². The molecular formula is C9H6BrF3O3. The van der Waals surface area contributed by atoms with Gasteiger partial charge in [0.2, 0.25) is 0 Å². The molecule has 1 atom stereocenters.